The summed E-state index contributed by atoms with van der Waals surface area (Å²) in [6.07, 6.45) is -3.30. The number of carbonyl (C=O) groups excluding carboxylic acids is 1. The minimum atomic E-state index is -4.67. The summed E-state index contributed by atoms with van der Waals surface area (Å²) in [7, 11) is -2.81. The third-order valence-corrected chi connectivity index (χ3v) is 6.30. The van der Waals surface area contributed by atoms with Gasteiger partial charge in [0.2, 0.25) is 10.0 Å². The molecular formula is C21H19F3N2O4S. The Bertz CT molecular complexity index is 1140. The fourth-order valence-electron chi connectivity index (χ4n) is 2.89. The highest BCUT2D eigenvalue weighted by Gasteiger charge is 2.33. The number of benzene rings is 2. The van der Waals surface area contributed by atoms with Crippen molar-refractivity contribution >= 4 is 15.9 Å². The zero-order chi connectivity index (χ0) is 22.6. The minimum Gasteiger partial charge on any atom is -0.468 e. The Morgan fingerprint density at radius 2 is 1.74 bits per heavy atom. The first-order chi connectivity index (χ1) is 14.6. The molecule has 164 valence electrons. The van der Waals surface area contributed by atoms with Crippen LogP contribution in [0, 0.1) is 0 Å². The molecule has 2 aromatic carbocycles. The number of furan rings is 1. The first-order valence-corrected chi connectivity index (χ1v) is 10.6. The number of hydrogen-bond acceptors (Lipinski definition) is 4. The van der Waals surface area contributed by atoms with Crippen molar-refractivity contribution in [1.29, 1.82) is 0 Å². The van der Waals surface area contributed by atoms with E-state index in [9.17, 15) is 26.4 Å². The Labute approximate surface area is 177 Å². The molecule has 1 N–H and O–H groups in total. The molecule has 3 rings (SSSR count). The van der Waals surface area contributed by atoms with E-state index in [-0.39, 0.29) is 19.0 Å². The number of carbonyl (C=O) groups is 1. The van der Waals surface area contributed by atoms with Crippen LogP contribution in [0.3, 0.4) is 0 Å². The molecule has 0 spiro atoms. The maximum atomic E-state index is 13.2. The summed E-state index contributed by atoms with van der Waals surface area (Å²) in [6.45, 7) is -0.309. The van der Waals surface area contributed by atoms with E-state index in [1.807, 2.05) is 0 Å². The smallest absolute Gasteiger partial charge is 0.416 e. The molecule has 1 aromatic heterocycles. The van der Waals surface area contributed by atoms with Crippen LogP contribution in [-0.4, -0.2) is 25.7 Å². The molecule has 1 heterocycles. The summed E-state index contributed by atoms with van der Waals surface area (Å²) in [5, 5.41) is 2.48. The van der Waals surface area contributed by atoms with Crippen LogP contribution < -0.4 is 5.32 Å². The summed E-state index contributed by atoms with van der Waals surface area (Å²) >= 11 is 0. The van der Waals surface area contributed by atoms with Gasteiger partial charge in [-0.2, -0.15) is 17.5 Å². The zero-order valence-corrected chi connectivity index (χ0v) is 17.2. The molecule has 1 amide bonds. The lowest BCUT2D eigenvalue weighted by Gasteiger charge is -2.22. The van der Waals surface area contributed by atoms with Crippen LogP contribution in [0.15, 0.2) is 76.2 Å². The first kappa shape index (κ1) is 22.6. The molecule has 0 saturated heterocycles. The highest BCUT2D eigenvalue weighted by molar-refractivity contribution is 7.89. The maximum absolute atomic E-state index is 13.2. The molecule has 0 aliphatic rings. The van der Waals surface area contributed by atoms with E-state index >= 15 is 0 Å². The van der Waals surface area contributed by atoms with Gasteiger partial charge in [-0.05, 0) is 48.0 Å². The van der Waals surface area contributed by atoms with Gasteiger partial charge in [0.15, 0.2) is 0 Å². The van der Waals surface area contributed by atoms with E-state index in [1.54, 1.807) is 24.3 Å². The molecule has 31 heavy (non-hydrogen) atoms. The highest BCUT2D eigenvalue weighted by atomic mass is 32.2. The van der Waals surface area contributed by atoms with Crippen molar-refractivity contribution in [3.8, 4) is 0 Å². The molecule has 0 saturated carbocycles. The average Bonchev–Trinajstić information content (AvgIpc) is 3.26. The fraction of sp³-hybridized carbons (Fsp3) is 0.190. The monoisotopic (exact) mass is 452 g/mol. The molecule has 10 heteroatoms. The first-order valence-electron chi connectivity index (χ1n) is 9.12. The summed E-state index contributed by atoms with van der Waals surface area (Å²) in [4.78, 5) is 11.2. The Balaban J connectivity index is 1.96. The lowest BCUT2D eigenvalue weighted by molar-refractivity contribution is -0.137. The van der Waals surface area contributed by atoms with Crippen molar-refractivity contribution in [3.63, 3.8) is 0 Å². The number of halogens is 3. The summed E-state index contributed by atoms with van der Waals surface area (Å²) < 4.78 is 71.9. The van der Waals surface area contributed by atoms with E-state index in [1.165, 1.54) is 25.4 Å². The van der Waals surface area contributed by atoms with Gasteiger partial charge in [0.05, 0.1) is 23.3 Å². The largest absolute Gasteiger partial charge is 0.468 e. The van der Waals surface area contributed by atoms with Crippen molar-refractivity contribution in [2.24, 2.45) is 0 Å². The Morgan fingerprint density at radius 3 is 2.32 bits per heavy atom. The molecule has 0 atom stereocenters. The molecule has 0 bridgehead atoms. The topological polar surface area (TPSA) is 79.6 Å². The van der Waals surface area contributed by atoms with Crippen molar-refractivity contribution in [2.45, 2.75) is 24.2 Å². The van der Waals surface area contributed by atoms with Gasteiger partial charge in [-0.3, -0.25) is 4.79 Å². The average molecular weight is 452 g/mol. The van der Waals surface area contributed by atoms with E-state index in [0.29, 0.717) is 23.0 Å². The van der Waals surface area contributed by atoms with E-state index in [2.05, 4.69) is 5.32 Å². The van der Waals surface area contributed by atoms with Crippen LogP contribution in [0.5, 0.6) is 0 Å². The van der Waals surface area contributed by atoms with E-state index in [4.69, 9.17) is 4.42 Å². The number of nitrogens with zero attached hydrogens (tertiary/aromatic N) is 1. The normalized spacial score (nSPS) is 12.2. The van der Waals surface area contributed by atoms with Gasteiger partial charge < -0.3 is 9.73 Å². The Morgan fingerprint density at radius 1 is 1.03 bits per heavy atom. The van der Waals surface area contributed by atoms with Crippen LogP contribution in [0.25, 0.3) is 0 Å². The Hall–Kier alpha value is -3.11. The summed E-state index contributed by atoms with van der Waals surface area (Å²) in [6, 6.07) is 13.0. The maximum Gasteiger partial charge on any atom is 0.416 e. The molecule has 3 aromatic rings. The van der Waals surface area contributed by atoms with Gasteiger partial charge in [0, 0.05) is 19.2 Å². The molecule has 0 fully saturated rings. The number of alkyl halides is 3. The summed E-state index contributed by atoms with van der Waals surface area (Å²) in [5.41, 5.74) is -0.110. The number of sulfonamides is 1. The predicted molar refractivity (Wildman–Crippen MR) is 106 cm³/mol. The highest BCUT2D eigenvalue weighted by Crippen LogP contribution is 2.31. The van der Waals surface area contributed by atoms with Crippen molar-refractivity contribution in [1.82, 2.24) is 9.62 Å². The van der Waals surface area contributed by atoms with E-state index in [0.717, 1.165) is 22.5 Å². The van der Waals surface area contributed by atoms with Gasteiger partial charge in [0.1, 0.15) is 5.76 Å². The second-order valence-corrected chi connectivity index (χ2v) is 8.59. The van der Waals surface area contributed by atoms with Gasteiger partial charge in [-0.25, -0.2) is 8.42 Å². The Kier molecular flexibility index (Phi) is 6.51. The number of hydrogen-bond donors (Lipinski definition) is 1. The van der Waals surface area contributed by atoms with Gasteiger partial charge in [-0.1, -0.05) is 18.2 Å². The third kappa shape index (κ3) is 5.33. The van der Waals surface area contributed by atoms with Crippen LogP contribution in [0.2, 0.25) is 0 Å². The van der Waals surface area contributed by atoms with Gasteiger partial charge >= 0.3 is 6.18 Å². The standard InChI is InChI=1S/C21H19F3N2O4S/c1-25-20(27)16-9-7-15(8-10-16)13-26(14-18-5-3-11-30-18)31(28,29)19-6-2-4-17(12-19)21(22,23)24/h2-12H,13-14H2,1H3,(H,25,27). The van der Waals surface area contributed by atoms with Crippen molar-refractivity contribution in [2.75, 3.05) is 7.05 Å². The van der Waals surface area contributed by atoms with E-state index < -0.39 is 26.7 Å². The second-order valence-electron chi connectivity index (χ2n) is 6.65. The molecule has 0 unspecified atom stereocenters. The lowest BCUT2D eigenvalue weighted by atomic mass is 10.1. The number of rotatable bonds is 7. The number of amides is 1. The molecule has 6 nitrogen and oxygen atoms in total. The van der Waals surface area contributed by atoms with Crippen LogP contribution in [0.4, 0.5) is 13.2 Å². The molecular weight excluding hydrogens is 433 g/mol. The molecule has 0 aliphatic heterocycles. The SMILES string of the molecule is CNC(=O)c1ccc(CN(Cc2ccco2)S(=O)(=O)c2cccc(C(F)(F)F)c2)cc1. The van der Waals surface area contributed by atoms with Crippen molar-refractivity contribution in [3.05, 3.63) is 89.4 Å². The number of nitrogens with one attached hydrogen (secondary N) is 1. The quantitative estimate of drug-likeness (QED) is 0.587. The fourth-order valence-corrected chi connectivity index (χ4v) is 4.33. The van der Waals surface area contributed by atoms with Crippen LogP contribution >= 0.6 is 0 Å². The molecule has 0 radical (unpaired) electrons. The minimum absolute atomic E-state index is 0.132. The lowest BCUT2D eigenvalue weighted by Crippen LogP contribution is -2.30. The van der Waals surface area contributed by atoms with Crippen LogP contribution in [-0.2, 0) is 29.3 Å². The summed E-state index contributed by atoms with van der Waals surface area (Å²) in [5.74, 6) is 0.0353. The van der Waals surface area contributed by atoms with Gasteiger partial charge in [-0.15, -0.1) is 0 Å². The zero-order valence-electron chi connectivity index (χ0n) is 16.4. The van der Waals surface area contributed by atoms with Gasteiger partial charge in [0.25, 0.3) is 5.91 Å². The van der Waals surface area contributed by atoms with Crippen molar-refractivity contribution < 1.29 is 30.8 Å². The molecule has 0 aliphatic carbocycles. The van der Waals surface area contributed by atoms with Crippen LogP contribution in [0.1, 0.15) is 27.2 Å². The third-order valence-electron chi connectivity index (χ3n) is 4.51. The predicted octanol–water partition coefficient (Wildman–Crippen LogP) is 4.05. The second kappa shape index (κ2) is 8.94.